The highest BCUT2D eigenvalue weighted by Crippen LogP contribution is 2.13. The number of carboxylic acids is 1. The monoisotopic (exact) mass is 309 g/mol. The Balaban J connectivity index is 2.01. The number of aliphatic carboxylic acids is 1. The number of rotatable bonds is 6. The third kappa shape index (κ3) is 4.32. The molecule has 0 spiro atoms. The van der Waals surface area contributed by atoms with E-state index in [1.54, 1.807) is 30.3 Å². The van der Waals surface area contributed by atoms with Crippen molar-refractivity contribution in [1.29, 1.82) is 0 Å². The zero-order chi connectivity index (χ0) is 15.9. The van der Waals surface area contributed by atoms with Crippen LogP contribution in [0.4, 0.5) is 0 Å². The number of aromatic nitrogens is 1. The van der Waals surface area contributed by atoms with Gasteiger partial charge in [-0.1, -0.05) is 0 Å². The highest BCUT2D eigenvalue weighted by Gasteiger charge is 2.30. The van der Waals surface area contributed by atoms with Gasteiger partial charge in [0.2, 0.25) is 0 Å². The quantitative estimate of drug-likeness (QED) is 0.748. The molecule has 122 valence electrons. The molecule has 0 bridgehead atoms. The van der Waals surface area contributed by atoms with Gasteiger partial charge in [-0.25, -0.2) is 0 Å². The van der Waals surface area contributed by atoms with Gasteiger partial charge in [0, 0.05) is 52.6 Å². The third-order valence-corrected chi connectivity index (χ3v) is 3.89. The average molecular weight is 309 g/mol. The summed E-state index contributed by atoms with van der Waals surface area (Å²) < 4.78 is 5.04. The van der Waals surface area contributed by atoms with E-state index in [9.17, 15) is 14.7 Å². The Bertz CT molecular complexity index is 489. The first-order chi connectivity index (χ1) is 10.6. The van der Waals surface area contributed by atoms with Crippen LogP contribution in [0.25, 0.3) is 0 Å². The van der Waals surface area contributed by atoms with E-state index < -0.39 is 11.9 Å². The number of hydrogen-bond acceptors (Lipinski definition) is 4. The van der Waals surface area contributed by atoms with Crippen molar-refractivity contribution in [3.63, 3.8) is 0 Å². The molecule has 2 rings (SSSR count). The number of ether oxygens (including phenoxy) is 1. The van der Waals surface area contributed by atoms with Gasteiger partial charge in [0.15, 0.2) is 0 Å². The fourth-order valence-electron chi connectivity index (χ4n) is 2.69. The maximum Gasteiger partial charge on any atom is 0.309 e. The lowest BCUT2D eigenvalue weighted by Gasteiger charge is -2.21. The second-order valence-corrected chi connectivity index (χ2v) is 5.52. The zero-order valence-electron chi connectivity index (χ0n) is 12.8. The normalized spacial score (nSPS) is 19.9. The van der Waals surface area contributed by atoms with Gasteiger partial charge in [0.1, 0.15) is 5.69 Å². The van der Waals surface area contributed by atoms with Crippen LogP contribution >= 0.6 is 0 Å². The number of nitrogens with one attached hydrogen (secondary N) is 1. The Hall–Kier alpha value is -1.86. The standard InChI is InChI=1S/C15H23N3O4/c1-22-9-3-6-17-7-8-18(11-12(10-17)15(20)21)14(19)13-4-2-5-16-13/h2,4-5,12,16H,3,6-11H2,1H3,(H,20,21). The lowest BCUT2D eigenvalue weighted by molar-refractivity contribution is -0.142. The van der Waals surface area contributed by atoms with Gasteiger partial charge >= 0.3 is 5.97 Å². The van der Waals surface area contributed by atoms with E-state index in [1.807, 2.05) is 0 Å². The largest absolute Gasteiger partial charge is 0.481 e. The first kappa shape index (κ1) is 16.5. The van der Waals surface area contributed by atoms with Crippen LogP contribution in [-0.2, 0) is 9.53 Å². The molecule has 22 heavy (non-hydrogen) atoms. The molecular formula is C15H23N3O4. The minimum absolute atomic E-state index is 0.144. The second-order valence-electron chi connectivity index (χ2n) is 5.52. The first-order valence-electron chi connectivity index (χ1n) is 7.48. The topological polar surface area (TPSA) is 85.9 Å². The number of aromatic amines is 1. The first-order valence-corrected chi connectivity index (χ1v) is 7.48. The fourth-order valence-corrected chi connectivity index (χ4v) is 2.69. The minimum Gasteiger partial charge on any atom is -0.481 e. The molecule has 1 saturated heterocycles. The molecule has 0 radical (unpaired) electrons. The van der Waals surface area contributed by atoms with Crippen LogP contribution in [0, 0.1) is 5.92 Å². The molecular weight excluding hydrogens is 286 g/mol. The molecule has 1 aliphatic rings. The lowest BCUT2D eigenvalue weighted by Crippen LogP contribution is -2.38. The molecule has 1 aromatic heterocycles. The molecule has 1 aliphatic heterocycles. The van der Waals surface area contributed by atoms with Gasteiger partial charge < -0.3 is 24.6 Å². The van der Waals surface area contributed by atoms with E-state index in [4.69, 9.17) is 4.74 Å². The van der Waals surface area contributed by atoms with Gasteiger partial charge in [-0.3, -0.25) is 9.59 Å². The number of carbonyl (C=O) groups excluding carboxylic acids is 1. The van der Waals surface area contributed by atoms with Gasteiger partial charge in [0.05, 0.1) is 5.92 Å². The molecule has 1 atom stereocenters. The Morgan fingerprint density at radius 3 is 2.86 bits per heavy atom. The average Bonchev–Trinajstić information content (AvgIpc) is 2.94. The molecule has 0 aromatic carbocycles. The molecule has 7 nitrogen and oxygen atoms in total. The predicted molar refractivity (Wildman–Crippen MR) is 80.8 cm³/mol. The predicted octanol–water partition coefficient (Wildman–Crippen LogP) is 0.510. The SMILES string of the molecule is COCCCN1CCN(C(=O)c2ccc[nH]2)CC(C(=O)O)C1. The van der Waals surface area contributed by atoms with Gasteiger partial charge in [-0.2, -0.15) is 0 Å². The number of amides is 1. The molecule has 0 aliphatic carbocycles. The van der Waals surface area contributed by atoms with Crippen molar-refractivity contribution in [3.8, 4) is 0 Å². The number of nitrogens with zero attached hydrogens (tertiary/aromatic N) is 2. The van der Waals surface area contributed by atoms with Crippen LogP contribution in [0.5, 0.6) is 0 Å². The van der Waals surface area contributed by atoms with Crippen molar-refractivity contribution < 1.29 is 19.4 Å². The summed E-state index contributed by atoms with van der Waals surface area (Å²) in [6.45, 7) is 3.36. The number of H-pyrrole nitrogens is 1. The number of carboxylic acid groups (broad SMARTS) is 1. The molecule has 2 N–H and O–H groups in total. The van der Waals surface area contributed by atoms with E-state index >= 15 is 0 Å². The van der Waals surface area contributed by atoms with Crippen LogP contribution in [0.1, 0.15) is 16.9 Å². The molecule has 1 fully saturated rings. The fraction of sp³-hybridized carbons (Fsp3) is 0.600. The van der Waals surface area contributed by atoms with Crippen LogP contribution in [-0.4, -0.2) is 78.2 Å². The van der Waals surface area contributed by atoms with E-state index in [0.29, 0.717) is 31.9 Å². The second kappa shape index (κ2) is 7.95. The Morgan fingerprint density at radius 1 is 1.41 bits per heavy atom. The Labute approximate surface area is 129 Å². The molecule has 1 aromatic rings. The van der Waals surface area contributed by atoms with E-state index in [0.717, 1.165) is 13.0 Å². The third-order valence-electron chi connectivity index (χ3n) is 3.89. The minimum atomic E-state index is -0.858. The van der Waals surface area contributed by atoms with E-state index in [2.05, 4.69) is 9.88 Å². The summed E-state index contributed by atoms with van der Waals surface area (Å²) in [5.41, 5.74) is 0.497. The van der Waals surface area contributed by atoms with Crippen molar-refractivity contribution >= 4 is 11.9 Å². The highest BCUT2D eigenvalue weighted by atomic mass is 16.5. The summed E-state index contributed by atoms with van der Waals surface area (Å²) >= 11 is 0. The maximum absolute atomic E-state index is 12.4. The molecule has 1 unspecified atom stereocenters. The molecule has 2 heterocycles. The summed E-state index contributed by atoms with van der Waals surface area (Å²) in [5, 5.41) is 9.39. The summed E-state index contributed by atoms with van der Waals surface area (Å²) in [7, 11) is 1.65. The lowest BCUT2D eigenvalue weighted by atomic mass is 10.1. The summed E-state index contributed by atoms with van der Waals surface area (Å²) in [6.07, 6.45) is 2.55. The molecule has 7 heteroatoms. The van der Waals surface area contributed by atoms with Gasteiger partial charge in [-0.15, -0.1) is 0 Å². The highest BCUT2D eigenvalue weighted by molar-refractivity contribution is 5.92. The number of hydrogen-bond donors (Lipinski definition) is 2. The van der Waals surface area contributed by atoms with Crippen molar-refractivity contribution in [3.05, 3.63) is 24.0 Å². The van der Waals surface area contributed by atoms with Crippen molar-refractivity contribution in [1.82, 2.24) is 14.8 Å². The van der Waals surface area contributed by atoms with Crippen molar-refractivity contribution in [2.24, 2.45) is 5.92 Å². The van der Waals surface area contributed by atoms with Gasteiger partial charge in [0.25, 0.3) is 5.91 Å². The summed E-state index contributed by atoms with van der Waals surface area (Å²) in [4.78, 5) is 30.5. The molecule has 0 saturated carbocycles. The number of carbonyl (C=O) groups is 2. The summed E-state index contributed by atoms with van der Waals surface area (Å²) in [5.74, 6) is -1.57. The van der Waals surface area contributed by atoms with Crippen LogP contribution in [0.2, 0.25) is 0 Å². The molecule has 1 amide bonds. The Kier molecular flexibility index (Phi) is 5.97. The number of methoxy groups -OCH3 is 1. The van der Waals surface area contributed by atoms with Crippen LogP contribution in [0.3, 0.4) is 0 Å². The van der Waals surface area contributed by atoms with Crippen molar-refractivity contribution in [2.45, 2.75) is 6.42 Å². The maximum atomic E-state index is 12.4. The Morgan fingerprint density at radius 2 is 2.23 bits per heavy atom. The summed E-state index contributed by atoms with van der Waals surface area (Å²) in [6, 6.07) is 3.47. The van der Waals surface area contributed by atoms with E-state index in [1.165, 1.54) is 0 Å². The van der Waals surface area contributed by atoms with Gasteiger partial charge in [-0.05, 0) is 18.6 Å². The van der Waals surface area contributed by atoms with Crippen LogP contribution in [0.15, 0.2) is 18.3 Å². The van der Waals surface area contributed by atoms with E-state index in [-0.39, 0.29) is 12.5 Å². The smallest absolute Gasteiger partial charge is 0.309 e. The zero-order valence-corrected chi connectivity index (χ0v) is 12.8. The van der Waals surface area contributed by atoms with Crippen LogP contribution < -0.4 is 0 Å². The van der Waals surface area contributed by atoms with Crippen molar-refractivity contribution in [2.75, 3.05) is 46.4 Å².